The molecule has 38 heavy (non-hydrogen) atoms. The Hall–Kier alpha value is -3.65. The van der Waals surface area contributed by atoms with E-state index in [1.807, 2.05) is 0 Å². The summed E-state index contributed by atoms with van der Waals surface area (Å²) >= 11 is 0. The zero-order valence-electron chi connectivity index (χ0n) is 23.0. The molecule has 3 aromatic rings. The van der Waals surface area contributed by atoms with Crippen LogP contribution in [-0.4, -0.2) is 64.7 Å². The highest BCUT2D eigenvalue weighted by atomic mass is 19.4. The van der Waals surface area contributed by atoms with Crippen LogP contribution >= 0.6 is 0 Å². The van der Waals surface area contributed by atoms with E-state index in [4.69, 9.17) is 8.85 Å². The van der Waals surface area contributed by atoms with E-state index in [0.29, 0.717) is 22.4 Å². The Bertz CT molecular complexity index is 1620. The highest BCUT2D eigenvalue weighted by Gasteiger charge is 2.45. The minimum Gasteiger partial charge on any atom is -0.434 e. The van der Waals surface area contributed by atoms with Crippen molar-refractivity contribution < 1.29 is 35.6 Å². The second-order valence-corrected chi connectivity index (χ2v) is 10.2. The minimum absolute atomic E-state index is 0.0449. The molecule has 6 nitrogen and oxygen atoms in total. The molecule has 2 aromatic carbocycles. The van der Waals surface area contributed by atoms with Crippen LogP contribution in [0, 0.1) is 17.3 Å². The third kappa shape index (κ3) is 4.07. The number of alkyl halides is 5. The second-order valence-electron chi connectivity index (χ2n) is 10.2. The summed E-state index contributed by atoms with van der Waals surface area (Å²) in [6.45, 7) is -4.86. The number of rotatable bonds is 3. The third-order valence-corrected chi connectivity index (χ3v) is 7.21. The van der Waals surface area contributed by atoms with Crippen LogP contribution in [0.3, 0.4) is 0 Å². The Morgan fingerprint density at radius 3 is 2.74 bits per heavy atom. The Morgan fingerprint density at radius 2 is 2.03 bits per heavy atom. The van der Waals surface area contributed by atoms with Crippen molar-refractivity contribution >= 4 is 16.9 Å². The first-order valence-corrected chi connectivity index (χ1v) is 11.9. The monoisotopic (exact) mass is 533 g/mol. The number of hydrogen-bond acceptors (Lipinski definition) is 4. The summed E-state index contributed by atoms with van der Waals surface area (Å²) < 4.78 is 95.5. The fourth-order valence-electron chi connectivity index (χ4n) is 5.79. The Morgan fingerprint density at radius 1 is 1.24 bits per heavy atom. The maximum absolute atomic E-state index is 13.5. The highest BCUT2D eigenvalue weighted by Crippen LogP contribution is 2.50. The third-order valence-electron chi connectivity index (χ3n) is 7.21. The van der Waals surface area contributed by atoms with Gasteiger partial charge in [0, 0.05) is 47.3 Å². The molecule has 3 aliphatic heterocycles. The molecule has 198 valence electrons. The first kappa shape index (κ1) is 21.3. The molecule has 6 rings (SSSR count). The molecular weight excluding hydrogens is 507 g/mol. The minimum atomic E-state index is -4.28. The number of halogens is 5. The van der Waals surface area contributed by atoms with Gasteiger partial charge in [0.05, 0.1) is 35.1 Å². The average Bonchev–Trinajstić information content (AvgIpc) is 3.32. The number of hydrogen-bond donors (Lipinski definition) is 0. The van der Waals surface area contributed by atoms with Gasteiger partial charge in [-0.25, -0.2) is 4.98 Å². The highest BCUT2D eigenvalue weighted by molar-refractivity contribution is 5.97. The number of ether oxygens (including phenoxy) is 1. The van der Waals surface area contributed by atoms with Crippen molar-refractivity contribution in [3.63, 3.8) is 0 Å². The Labute approximate surface area is 219 Å². The number of carbonyl (C=O) groups excluding carboxylic acids is 1. The lowest BCUT2D eigenvalue weighted by Gasteiger charge is -2.44. The van der Waals surface area contributed by atoms with Crippen molar-refractivity contribution in [3.8, 4) is 17.6 Å². The predicted octanol–water partition coefficient (Wildman–Crippen LogP) is 4.99. The van der Waals surface area contributed by atoms with Gasteiger partial charge in [-0.15, -0.1) is 0 Å². The fourth-order valence-corrected chi connectivity index (χ4v) is 5.79. The maximum Gasteiger partial charge on any atom is 0.401 e. The van der Waals surface area contributed by atoms with Gasteiger partial charge in [0.2, 0.25) is 0 Å². The summed E-state index contributed by atoms with van der Waals surface area (Å²) in [5.74, 6) is 5.34. The van der Waals surface area contributed by atoms with Gasteiger partial charge in [-0.1, -0.05) is 17.9 Å². The first-order chi connectivity index (χ1) is 19.1. The summed E-state index contributed by atoms with van der Waals surface area (Å²) in [4.78, 5) is 20.2. The number of benzene rings is 2. The number of imidazole rings is 1. The molecule has 0 radical (unpaired) electrons. The normalized spacial score (nSPS) is 23.5. The lowest BCUT2D eigenvalue weighted by Crippen LogP contribution is -2.56. The molecule has 0 spiro atoms. The van der Waals surface area contributed by atoms with Crippen LogP contribution in [0.1, 0.15) is 56.8 Å². The van der Waals surface area contributed by atoms with Crippen LogP contribution in [0.5, 0.6) is 5.75 Å². The van der Waals surface area contributed by atoms with E-state index in [1.54, 1.807) is 29.7 Å². The molecule has 3 aliphatic rings. The number of amides is 1. The zero-order chi connectivity index (χ0) is 29.5. The summed E-state index contributed by atoms with van der Waals surface area (Å²) in [7, 11) is 0. The molecule has 11 heteroatoms. The maximum atomic E-state index is 13.5. The summed E-state index contributed by atoms with van der Waals surface area (Å²) in [5.41, 5.74) is 1.08. The van der Waals surface area contributed by atoms with Gasteiger partial charge in [-0.3, -0.25) is 9.69 Å². The summed E-state index contributed by atoms with van der Waals surface area (Å²) in [5, 5.41) is 0. The number of nitrogens with zero attached hydrogens (tertiary/aromatic N) is 4. The summed E-state index contributed by atoms with van der Waals surface area (Å²) in [6.07, 6.45) is -4.19. The molecule has 1 saturated heterocycles. The van der Waals surface area contributed by atoms with Gasteiger partial charge in [-0.05, 0) is 37.3 Å². The van der Waals surface area contributed by atoms with Gasteiger partial charge < -0.3 is 14.2 Å². The molecule has 1 amide bonds. The van der Waals surface area contributed by atoms with Crippen molar-refractivity contribution in [1.82, 2.24) is 19.4 Å². The van der Waals surface area contributed by atoms with E-state index in [0.717, 1.165) is 4.90 Å². The molecule has 1 aromatic heterocycles. The number of carbonyl (C=O) groups is 1. The van der Waals surface area contributed by atoms with Gasteiger partial charge >= 0.3 is 12.8 Å². The van der Waals surface area contributed by atoms with Gasteiger partial charge in [-0.2, -0.15) is 22.0 Å². The van der Waals surface area contributed by atoms with E-state index in [1.165, 1.54) is 23.1 Å². The van der Waals surface area contributed by atoms with E-state index < -0.39 is 49.7 Å². The average molecular weight is 534 g/mol. The van der Waals surface area contributed by atoms with Gasteiger partial charge in [0.25, 0.3) is 5.91 Å². The molecular formula is C27H23F5N4O2. The van der Waals surface area contributed by atoms with Crippen LogP contribution in [0.15, 0.2) is 36.4 Å². The van der Waals surface area contributed by atoms with Crippen LogP contribution in [-0.2, 0) is 0 Å². The first-order valence-electron chi connectivity index (χ1n) is 13.4. The largest absolute Gasteiger partial charge is 0.434 e. The smallest absolute Gasteiger partial charge is 0.401 e. The van der Waals surface area contributed by atoms with Crippen molar-refractivity contribution in [1.29, 1.82) is 0 Å². The molecule has 2 atom stereocenters. The topological polar surface area (TPSA) is 50.6 Å². The zero-order valence-corrected chi connectivity index (χ0v) is 20.0. The van der Waals surface area contributed by atoms with E-state index in [-0.39, 0.29) is 36.4 Å². The molecule has 0 saturated carbocycles. The van der Waals surface area contributed by atoms with Gasteiger partial charge in [0.15, 0.2) is 0 Å². The predicted molar refractivity (Wildman–Crippen MR) is 128 cm³/mol. The number of likely N-dealkylation sites (tertiary alicyclic amines) is 1. The van der Waals surface area contributed by atoms with Crippen molar-refractivity contribution in [3.05, 3.63) is 58.9 Å². The van der Waals surface area contributed by atoms with Gasteiger partial charge in [0.1, 0.15) is 11.6 Å². The standard InChI is InChI=1S/C27H23F5N4O2/c1-26(12-35(13-26)14-27(30,31)32)9-8-15-6-7-17-18(10-15)36-19-11-20(23(36)33-17)34(2)24(37)16-4-3-5-21(22(16)19)38-25(28)29/h3-7,10,19-20,25H,11-14H2,1-2H3/t19-,20-/m1/s1/i2D3. The molecule has 0 N–H and O–H groups in total. The van der Waals surface area contributed by atoms with E-state index >= 15 is 0 Å². The van der Waals surface area contributed by atoms with Crippen LogP contribution in [0.25, 0.3) is 11.0 Å². The molecule has 1 fully saturated rings. The Balaban J connectivity index is 1.43. The molecule has 0 unspecified atom stereocenters. The van der Waals surface area contributed by atoms with Crippen molar-refractivity contribution in [2.24, 2.45) is 5.41 Å². The van der Waals surface area contributed by atoms with Crippen LogP contribution < -0.4 is 4.74 Å². The molecule has 0 aliphatic carbocycles. The number of aromatic nitrogens is 2. The lowest BCUT2D eigenvalue weighted by atomic mass is 9.82. The SMILES string of the molecule is [2H]C([2H])([2H])N1C(=O)c2cccc(OC(F)F)c2[C@H]2C[C@@H]1c1nc3ccc(C#CC4(C)CN(CC(F)(F)F)C4)cc3n12. The number of fused-ring (bicyclic) bond motifs is 9. The van der Waals surface area contributed by atoms with Crippen LogP contribution in [0.2, 0.25) is 0 Å². The van der Waals surface area contributed by atoms with Crippen molar-refractivity contribution in [2.45, 2.75) is 38.2 Å². The fraction of sp³-hybridized carbons (Fsp3) is 0.407. The molecule has 2 bridgehead atoms. The van der Waals surface area contributed by atoms with Crippen molar-refractivity contribution in [2.75, 3.05) is 26.6 Å². The molecule has 4 heterocycles. The Kier molecular flexibility index (Phi) is 4.72. The lowest BCUT2D eigenvalue weighted by molar-refractivity contribution is -0.162. The van der Waals surface area contributed by atoms with E-state index in [2.05, 4.69) is 16.8 Å². The summed E-state index contributed by atoms with van der Waals surface area (Å²) in [6, 6.07) is 7.49. The van der Waals surface area contributed by atoms with E-state index in [9.17, 15) is 26.7 Å². The second kappa shape index (κ2) is 8.43. The quantitative estimate of drug-likeness (QED) is 0.352. The van der Waals surface area contributed by atoms with Crippen LogP contribution in [0.4, 0.5) is 22.0 Å².